The molecule has 0 saturated heterocycles. The van der Waals surface area contributed by atoms with Crippen molar-refractivity contribution in [2.24, 2.45) is 0 Å². The smallest absolute Gasteiger partial charge is 0.0832 e. The van der Waals surface area contributed by atoms with Gasteiger partial charge >= 0.3 is 0 Å². The predicted octanol–water partition coefficient (Wildman–Crippen LogP) is 3.61. The van der Waals surface area contributed by atoms with Crippen molar-refractivity contribution in [3.8, 4) is 0 Å². The van der Waals surface area contributed by atoms with Crippen molar-refractivity contribution in [3.05, 3.63) is 35.4 Å². The van der Waals surface area contributed by atoms with Crippen LogP contribution in [0.15, 0.2) is 24.3 Å². The first-order valence-corrected chi connectivity index (χ1v) is 7.85. The van der Waals surface area contributed by atoms with Crippen LogP contribution < -0.4 is 5.32 Å². The number of fused-ring (bicyclic) bond motifs is 1. The van der Waals surface area contributed by atoms with Crippen LogP contribution in [0.25, 0.3) is 0 Å². The van der Waals surface area contributed by atoms with Gasteiger partial charge in [0, 0.05) is 6.04 Å². The summed E-state index contributed by atoms with van der Waals surface area (Å²) in [6.07, 6.45) is 8.20. The van der Waals surface area contributed by atoms with Crippen LogP contribution in [0.4, 0.5) is 0 Å². The average molecular weight is 259 g/mol. The Morgan fingerprint density at radius 3 is 2.95 bits per heavy atom. The lowest BCUT2D eigenvalue weighted by molar-refractivity contribution is -0.0305. The van der Waals surface area contributed by atoms with E-state index < -0.39 is 0 Å². The molecular formula is C17H25NO. The van der Waals surface area contributed by atoms with E-state index in [0.29, 0.717) is 18.2 Å². The van der Waals surface area contributed by atoms with Crippen molar-refractivity contribution in [2.75, 3.05) is 6.54 Å². The first kappa shape index (κ1) is 13.1. The molecule has 0 spiro atoms. The molecule has 2 heteroatoms. The van der Waals surface area contributed by atoms with E-state index in [-0.39, 0.29) is 0 Å². The van der Waals surface area contributed by atoms with E-state index in [0.717, 1.165) is 6.54 Å². The van der Waals surface area contributed by atoms with Gasteiger partial charge in [-0.15, -0.1) is 0 Å². The zero-order valence-electron chi connectivity index (χ0n) is 11.9. The minimum absolute atomic E-state index is 0.328. The summed E-state index contributed by atoms with van der Waals surface area (Å²) in [5.41, 5.74) is 2.94. The molecule has 0 aromatic heterocycles. The highest BCUT2D eigenvalue weighted by Crippen LogP contribution is 2.36. The zero-order chi connectivity index (χ0) is 13.1. The van der Waals surface area contributed by atoms with Crippen LogP contribution >= 0.6 is 0 Å². The summed E-state index contributed by atoms with van der Waals surface area (Å²) in [7, 11) is 0. The minimum atomic E-state index is 0.328. The molecule has 0 heterocycles. The maximum Gasteiger partial charge on any atom is 0.0832 e. The van der Waals surface area contributed by atoms with Gasteiger partial charge in [0.25, 0.3) is 0 Å². The van der Waals surface area contributed by atoms with E-state index in [1.54, 1.807) is 0 Å². The lowest BCUT2D eigenvalue weighted by atomic mass is 9.89. The molecule has 0 aliphatic heterocycles. The van der Waals surface area contributed by atoms with Crippen molar-refractivity contribution in [2.45, 2.75) is 63.7 Å². The minimum Gasteiger partial charge on any atom is -0.369 e. The molecule has 3 unspecified atom stereocenters. The van der Waals surface area contributed by atoms with Crippen LogP contribution in [0.3, 0.4) is 0 Å². The Hall–Kier alpha value is -0.860. The number of likely N-dealkylation sites (N-methyl/N-ethyl adjacent to an activating group) is 1. The lowest BCUT2D eigenvalue weighted by Gasteiger charge is -2.31. The van der Waals surface area contributed by atoms with Crippen LogP contribution in [0.5, 0.6) is 0 Å². The Labute approximate surface area is 116 Å². The van der Waals surface area contributed by atoms with Gasteiger partial charge in [0.2, 0.25) is 0 Å². The highest BCUT2D eigenvalue weighted by Gasteiger charge is 2.31. The molecule has 1 saturated carbocycles. The summed E-state index contributed by atoms with van der Waals surface area (Å²) in [6.45, 7) is 3.23. The molecule has 0 amide bonds. The largest absolute Gasteiger partial charge is 0.369 e. The molecule has 3 rings (SSSR count). The van der Waals surface area contributed by atoms with Gasteiger partial charge < -0.3 is 10.1 Å². The first-order chi connectivity index (χ1) is 9.38. The number of rotatable bonds is 4. The average Bonchev–Trinajstić information content (AvgIpc) is 2.87. The topological polar surface area (TPSA) is 21.3 Å². The second-order valence-corrected chi connectivity index (χ2v) is 5.85. The van der Waals surface area contributed by atoms with Gasteiger partial charge in [-0.3, -0.25) is 0 Å². The molecule has 0 bridgehead atoms. The molecule has 1 aromatic carbocycles. The number of ether oxygens (including phenoxy) is 1. The first-order valence-electron chi connectivity index (χ1n) is 7.85. The molecule has 2 nitrogen and oxygen atoms in total. The van der Waals surface area contributed by atoms with Crippen molar-refractivity contribution in [1.82, 2.24) is 5.32 Å². The van der Waals surface area contributed by atoms with Gasteiger partial charge in [0.1, 0.15) is 0 Å². The van der Waals surface area contributed by atoms with Gasteiger partial charge in [-0.2, -0.15) is 0 Å². The SMILES string of the molecule is CCNC1CCCC1OC1CCCc2ccccc21. The highest BCUT2D eigenvalue weighted by atomic mass is 16.5. The number of hydrogen-bond donors (Lipinski definition) is 1. The monoisotopic (exact) mass is 259 g/mol. The molecular weight excluding hydrogens is 234 g/mol. The molecule has 1 N–H and O–H groups in total. The second kappa shape index (κ2) is 6.06. The molecule has 104 valence electrons. The lowest BCUT2D eigenvalue weighted by Crippen LogP contribution is -2.38. The second-order valence-electron chi connectivity index (χ2n) is 5.85. The number of hydrogen-bond acceptors (Lipinski definition) is 2. The zero-order valence-corrected chi connectivity index (χ0v) is 11.9. The van der Waals surface area contributed by atoms with Gasteiger partial charge in [-0.05, 0) is 56.2 Å². The third kappa shape index (κ3) is 2.85. The summed E-state index contributed by atoms with van der Waals surface area (Å²) in [5, 5.41) is 3.58. The normalized spacial score (nSPS) is 30.3. The van der Waals surface area contributed by atoms with Crippen molar-refractivity contribution in [1.29, 1.82) is 0 Å². The maximum atomic E-state index is 6.48. The van der Waals surface area contributed by atoms with E-state index >= 15 is 0 Å². The third-order valence-electron chi connectivity index (χ3n) is 4.57. The quantitative estimate of drug-likeness (QED) is 0.892. The fraction of sp³-hybridized carbons (Fsp3) is 0.647. The number of benzene rings is 1. The Bertz CT molecular complexity index is 417. The van der Waals surface area contributed by atoms with Crippen LogP contribution in [0.1, 0.15) is 56.3 Å². The number of nitrogens with one attached hydrogen (secondary N) is 1. The van der Waals surface area contributed by atoms with E-state index in [1.165, 1.54) is 49.7 Å². The summed E-state index contributed by atoms with van der Waals surface area (Å²) in [6, 6.07) is 9.39. The molecule has 19 heavy (non-hydrogen) atoms. The standard InChI is InChI=1S/C17H25NO/c1-2-18-15-10-6-12-17(15)19-16-11-5-8-13-7-3-4-9-14(13)16/h3-4,7,9,15-18H,2,5-6,8,10-12H2,1H3. The molecule has 0 radical (unpaired) electrons. The summed E-state index contributed by atoms with van der Waals surface area (Å²) >= 11 is 0. The third-order valence-corrected chi connectivity index (χ3v) is 4.57. The molecule has 2 aliphatic carbocycles. The van der Waals surface area contributed by atoms with E-state index in [4.69, 9.17) is 4.74 Å². The van der Waals surface area contributed by atoms with Crippen molar-refractivity contribution < 1.29 is 4.74 Å². The Kier molecular flexibility index (Phi) is 4.19. The van der Waals surface area contributed by atoms with Crippen molar-refractivity contribution >= 4 is 0 Å². The van der Waals surface area contributed by atoms with Crippen molar-refractivity contribution in [3.63, 3.8) is 0 Å². The van der Waals surface area contributed by atoms with E-state index in [9.17, 15) is 0 Å². The summed E-state index contributed by atoms with van der Waals surface area (Å²) in [4.78, 5) is 0. The Balaban J connectivity index is 1.70. The summed E-state index contributed by atoms with van der Waals surface area (Å²) < 4.78 is 6.48. The van der Waals surface area contributed by atoms with Crippen LogP contribution in [-0.4, -0.2) is 18.7 Å². The van der Waals surface area contributed by atoms with Gasteiger partial charge in [0.05, 0.1) is 12.2 Å². The van der Waals surface area contributed by atoms with Crippen LogP contribution in [0.2, 0.25) is 0 Å². The highest BCUT2D eigenvalue weighted by molar-refractivity contribution is 5.31. The van der Waals surface area contributed by atoms with E-state index in [2.05, 4.69) is 36.5 Å². The van der Waals surface area contributed by atoms with Gasteiger partial charge in [-0.25, -0.2) is 0 Å². The van der Waals surface area contributed by atoms with Gasteiger partial charge in [-0.1, -0.05) is 31.2 Å². The molecule has 1 aromatic rings. The van der Waals surface area contributed by atoms with E-state index in [1.807, 2.05) is 0 Å². The predicted molar refractivity (Wildman–Crippen MR) is 78.3 cm³/mol. The fourth-order valence-electron chi connectivity index (χ4n) is 3.65. The molecule has 1 fully saturated rings. The van der Waals surface area contributed by atoms with Crippen LogP contribution in [0, 0.1) is 0 Å². The molecule has 3 atom stereocenters. The summed E-state index contributed by atoms with van der Waals surface area (Å²) in [5.74, 6) is 0. The molecule has 2 aliphatic rings. The Morgan fingerprint density at radius 2 is 2.05 bits per heavy atom. The van der Waals surface area contributed by atoms with Gasteiger partial charge in [0.15, 0.2) is 0 Å². The maximum absolute atomic E-state index is 6.48. The Morgan fingerprint density at radius 1 is 1.16 bits per heavy atom. The number of aryl methyl sites for hydroxylation is 1. The fourth-order valence-corrected chi connectivity index (χ4v) is 3.65. The van der Waals surface area contributed by atoms with Crippen LogP contribution in [-0.2, 0) is 11.2 Å².